The van der Waals surface area contributed by atoms with E-state index in [2.05, 4.69) is 11.0 Å². The Morgan fingerprint density at radius 3 is 1.57 bits per heavy atom. The lowest BCUT2D eigenvalue weighted by molar-refractivity contribution is 0.576. The second kappa shape index (κ2) is 6.77. The van der Waals surface area contributed by atoms with Crippen molar-refractivity contribution in [3.05, 3.63) is 31.5 Å². The summed E-state index contributed by atoms with van der Waals surface area (Å²) in [7, 11) is 0. The molecule has 80 valence electrons. The van der Waals surface area contributed by atoms with Crippen molar-refractivity contribution in [1.29, 1.82) is 0 Å². The van der Waals surface area contributed by atoms with Crippen LogP contribution in [0, 0.1) is 0 Å². The van der Waals surface area contributed by atoms with E-state index in [0.717, 1.165) is 6.54 Å². The van der Waals surface area contributed by atoms with E-state index in [1.165, 1.54) is 0 Å². The number of hydrogen-bond donors (Lipinski definition) is 6. The van der Waals surface area contributed by atoms with Crippen LogP contribution >= 0.6 is 0 Å². The van der Waals surface area contributed by atoms with Gasteiger partial charge >= 0.3 is 17.1 Å². The number of hydrogen-bond acceptors (Lipinski definition) is 6. The third-order valence-electron chi connectivity index (χ3n) is 0.960. The molecule has 0 radical (unpaired) electrons. The van der Waals surface area contributed by atoms with Crippen LogP contribution in [0.2, 0.25) is 0 Å². The first kappa shape index (κ1) is 12.3. The first-order valence-electron chi connectivity index (χ1n) is 3.71. The smallest absolute Gasteiger partial charge is 0.259 e. The zero-order chi connectivity index (χ0) is 11.0. The van der Waals surface area contributed by atoms with Gasteiger partial charge in [-0.15, -0.1) is 0 Å². The number of hydrazine groups is 2. The summed E-state index contributed by atoms with van der Waals surface area (Å²) in [5, 5.41) is 0. The van der Waals surface area contributed by atoms with Gasteiger partial charge in [0, 0.05) is 6.54 Å². The highest BCUT2D eigenvalue weighted by Crippen LogP contribution is 1.34. The zero-order valence-corrected chi connectivity index (χ0v) is 7.51. The molecule has 0 aliphatic carbocycles. The summed E-state index contributed by atoms with van der Waals surface area (Å²) < 4.78 is 0. The summed E-state index contributed by atoms with van der Waals surface area (Å²) in [5.41, 5.74) is 2.50. The summed E-state index contributed by atoms with van der Waals surface area (Å²) in [6.45, 7) is 2.82. The molecule has 0 atom stereocenters. The minimum Gasteiger partial charge on any atom is -0.259 e. The average Bonchev–Trinajstić information content (AvgIpc) is 2.03. The lowest BCUT2D eigenvalue weighted by Gasteiger charge is -1.90. The quantitative estimate of drug-likeness (QED) is 0.220. The van der Waals surface area contributed by atoms with Crippen LogP contribution in [0.1, 0.15) is 6.92 Å². The molecule has 0 saturated carbocycles. The summed E-state index contributed by atoms with van der Waals surface area (Å²) in [5.74, 6) is 4.78. The van der Waals surface area contributed by atoms with E-state index in [9.17, 15) is 14.4 Å². The van der Waals surface area contributed by atoms with Crippen molar-refractivity contribution >= 4 is 0 Å². The van der Waals surface area contributed by atoms with E-state index in [4.69, 9.17) is 5.84 Å². The first-order chi connectivity index (χ1) is 6.60. The molecular weight excluding hydrogens is 192 g/mol. The fraction of sp³-hybridized carbons (Fsp3) is 0.400. The molecule has 0 bridgehead atoms. The van der Waals surface area contributed by atoms with Gasteiger partial charge in [0.25, 0.3) is 0 Å². The molecule has 1 rings (SSSR count). The van der Waals surface area contributed by atoms with E-state index >= 15 is 0 Å². The summed E-state index contributed by atoms with van der Waals surface area (Å²) in [6.07, 6.45) is 0. The van der Waals surface area contributed by atoms with Crippen LogP contribution in [0.5, 0.6) is 0 Å². The van der Waals surface area contributed by atoms with E-state index < -0.39 is 17.1 Å². The highest BCUT2D eigenvalue weighted by Gasteiger charge is 1.85. The van der Waals surface area contributed by atoms with Gasteiger partial charge in [0.1, 0.15) is 0 Å². The minimum atomic E-state index is -0.802. The van der Waals surface area contributed by atoms with Gasteiger partial charge in [0.05, 0.1) is 0 Å². The topological polar surface area (TPSA) is 149 Å². The Labute approximate surface area is 77.7 Å². The van der Waals surface area contributed by atoms with E-state index in [-0.39, 0.29) is 0 Å². The van der Waals surface area contributed by atoms with Crippen molar-refractivity contribution < 1.29 is 0 Å². The molecule has 0 saturated heterocycles. The zero-order valence-electron chi connectivity index (χ0n) is 7.51. The molecule has 0 amide bonds. The third kappa shape index (κ3) is 5.88. The third-order valence-corrected chi connectivity index (χ3v) is 0.960. The number of aromatic nitrogens is 3. The van der Waals surface area contributed by atoms with Crippen LogP contribution in [0.15, 0.2) is 14.4 Å². The molecule has 14 heavy (non-hydrogen) atoms. The molecule has 0 aromatic carbocycles. The lowest BCUT2D eigenvalue weighted by Crippen LogP contribution is -2.37. The number of nitrogens with one attached hydrogen (secondary N) is 5. The largest absolute Gasteiger partial charge is 0.330 e. The fourth-order valence-corrected chi connectivity index (χ4v) is 0.505. The van der Waals surface area contributed by atoms with Gasteiger partial charge in [-0.3, -0.25) is 20.8 Å². The molecule has 0 fully saturated rings. The molecule has 0 aliphatic rings. The molecule has 1 aromatic heterocycles. The molecule has 1 aromatic rings. The maximum atomic E-state index is 10.2. The van der Waals surface area contributed by atoms with E-state index in [1.54, 1.807) is 15.0 Å². The molecule has 9 heteroatoms. The van der Waals surface area contributed by atoms with Crippen molar-refractivity contribution in [2.24, 2.45) is 5.84 Å². The van der Waals surface area contributed by atoms with Crippen LogP contribution < -0.4 is 33.9 Å². The van der Waals surface area contributed by atoms with Gasteiger partial charge in [-0.2, -0.15) is 5.53 Å². The van der Waals surface area contributed by atoms with Crippen LogP contribution in [0.4, 0.5) is 0 Å². The van der Waals surface area contributed by atoms with Gasteiger partial charge in [0.15, 0.2) is 0 Å². The van der Waals surface area contributed by atoms with Crippen LogP contribution in [0.25, 0.3) is 0 Å². The predicted octanol–water partition coefficient (Wildman–Crippen LogP) is -3.27. The highest BCUT2D eigenvalue weighted by atomic mass is 16.2. The summed E-state index contributed by atoms with van der Waals surface area (Å²) in [6, 6.07) is 0. The lowest BCUT2D eigenvalue weighted by atomic mass is 10.8. The Morgan fingerprint density at radius 1 is 1.07 bits per heavy atom. The van der Waals surface area contributed by atoms with Gasteiger partial charge in [-0.25, -0.2) is 19.8 Å². The van der Waals surface area contributed by atoms with E-state index in [1.807, 2.05) is 6.92 Å². The van der Waals surface area contributed by atoms with Crippen molar-refractivity contribution in [2.45, 2.75) is 6.92 Å². The molecule has 0 aliphatic heterocycles. The summed E-state index contributed by atoms with van der Waals surface area (Å²) >= 11 is 0. The standard InChI is InChI=1S/C3H3N3O3.C2H9N3/c7-1-4-2(8)6-3(9)5-1;1-2-4-5-3/h(H3,4,5,6,7,8,9);4-5H,2-3H2,1H3. The Kier molecular flexibility index (Phi) is 5.94. The molecule has 7 N–H and O–H groups in total. The second-order valence-corrected chi connectivity index (χ2v) is 2.04. The number of aromatic amines is 3. The van der Waals surface area contributed by atoms with Crippen molar-refractivity contribution in [1.82, 2.24) is 25.9 Å². The predicted molar refractivity (Wildman–Crippen MR) is 49.3 cm³/mol. The number of nitrogens with two attached hydrogens (primary N) is 1. The van der Waals surface area contributed by atoms with Crippen molar-refractivity contribution in [3.8, 4) is 0 Å². The number of H-pyrrole nitrogens is 3. The second-order valence-electron chi connectivity index (χ2n) is 2.04. The molecular formula is C5H12N6O3. The van der Waals surface area contributed by atoms with Crippen LogP contribution in [0.3, 0.4) is 0 Å². The molecule has 9 nitrogen and oxygen atoms in total. The monoisotopic (exact) mass is 204 g/mol. The Hall–Kier alpha value is -1.71. The Bertz CT molecular complexity index is 322. The maximum absolute atomic E-state index is 10.2. The first-order valence-corrected chi connectivity index (χ1v) is 3.71. The van der Waals surface area contributed by atoms with Gasteiger partial charge in [-0.05, 0) is 0 Å². The highest BCUT2D eigenvalue weighted by molar-refractivity contribution is 4.60. The summed E-state index contributed by atoms with van der Waals surface area (Å²) in [4.78, 5) is 35.9. The molecule has 0 unspecified atom stereocenters. The van der Waals surface area contributed by atoms with Crippen molar-refractivity contribution in [2.75, 3.05) is 6.54 Å². The normalized spacial score (nSPS) is 9.00. The van der Waals surface area contributed by atoms with Crippen LogP contribution in [-0.2, 0) is 0 Å². The average molecular weight is 204 g/mol. The Morgan fingerprint density at radius 2 is 1.43 bits per heavy atom. The fourth-order valence-electron chi connectivity index (χ4n) is 0.505. The van der Waals surface area contributed by atoms with Crippen LogP contribution in [-0.4, -0.2) is 21.5 Å². The number of rotatable bonds is 2. The minimum absolute atomic E-state index is 0.802. The Balaban J connectivity index is 0.000000292. The maximum Gasteiger partial charge on any atom is 0.330 e. The van der Waals surface area contributed by atoms with Gasteiger partial charge in [-0.1, -0.05) is 6.92 Å². The van der Waals surface area contributed by atoms with E-state index in [0.29, 0.717) is 0 Å². The molecule has 0 spiro atoms. The SMILES string of the molecule is CCNNN.O=c1[nH]c(=O)[nH]c(=O)[nH]1. The van der Waals surface area contributed by atoms with Gasteiger partial charge in [0.2, 0.25) is 0 Å². The van der Waals surface area contributed by atoms with Gasteiger partial charge < -0.3 is 0 Å². The molecule has 1 heterocycles. The van der Waals surface area contributed by atoms with Crippen molar-refractivity contribution in [3.63, 3.8) is 0 Å².